The molecule has 2 aromatic rings. The van der Waals surface area contributed by atoms with Crippen molar-refractivity contribution in [2.45, 2.75) is 39.3 Å². The van der Waals surface area contributed by atoms with Crippen molar-refractivity contribution in [3.05, 3.63) is 58.1 Å². The van der Waals surface area contributed by atoms with E-state index in [1.807, 2.05) is 32.1 Å². The largest absolute Gasteiger partial charge is 0.461 e. The van der Waals surface area contributed by atoms with Gasteiger partial charge in [0.25, 0.3) is 0 Å². The molecule has 3 rings (SSSR count). The van der Waals surface area contributed by atoms with Crippen LogP contribution in [0.4, 0.5) is 0 Å². The lowest BCUT2D eigenvalue weighted by Crippen LogP contribution is -2.16. The molecule has 10 heteroatoms. The van der Waals surface area contributed by atoms with Crippen molar-refractivity contribution in [1.82, 2.24) is 9.55 Å². The van der Waals surface area contributed by atoms with Crippen LogP contribution in [0.2, 0.25) is 5.02 Å². The van der Waals surface area contributed by atoms with Crippen molar-refractivity contribution in [2.24, 2.45) is 6.47 Å². The van der Waals surface area contributed by atoms with Crippen LogP contribution in [0, 0.1) is 5.53 Å². The summed E-state index contributed by atoms with van der Waals surface area (Å²) in [5.41, 5.74) is 10.1. The molecule has 0 bridgehead atoms. The lowest BCUT2D eigenvalue weighted by molar-refractivity contribution is 0.0518. The second-order valence-corrected chi connectivity index (χ2v) is 9.03. The number of esters is 1. The zero-order valence-electron chi connectivity index (χ0n) is 17.6. The minimum Gasteiger partial charge on any atom is -0.461 e. The van der Waals surface area contributed by atoms with Gasteiger partial charge in [0, 0.05) is 11.1 Å². The van der Waals surface area contributed by atoms with Crippen molar-refractivity contribution >= 4 is 44.5 Å². The average molecular weight is 558 g/mol. The first kappa shape index (κ1) is 23.7. The van der Waals surface area contributed by atoms with Crippen LogP contribution >= 0.6 is 32.9 Å². The zero-order valence-corrected chi connectivity index (χ0v) is 20.6. The lowest BCUT2D eigenvalue weighted by Gasteiger charge is -2.22. The summed E-state index contributed by atoms with van der Waals surface area (Å²) in [4.78, 5) is 17.7. The maximum absolute atomic E-state index is 12.9. The fraction of sp³-hybridized carbons (Fsp3) is 0.429. The number of hydrogen-bond acceptors (Lipinski definition) is 6. The standard InChI is InChI=1S/C21H25ClIN5O3/c1-4-31-21(29)18-19(17(26-23-27-24)14-5-7-16(22)8-6-14)28(13(2)3)20(25-18)15-9-11-30-12-10-15/h5-9,13,17,24H,4,10-12H2,1-3H3. The van der Waals surface area contributed by atoms with Crippen molar-refractivity contribution in [3.63, 3.8) is 0 Å². The van der Waals surface area contributed by atoms with Gasteiger partial charge < -0.3 is 14.0 Å². The van der Waals surface area contributed by atoms with Crippen molar-refractivity contribution in [1.29, 1.82) is 5.53 Å². The van der Waals surface area contributed by atoms with Crippen LogP contribution in [0.1, 0.15) is 66.8 Å². The molecule has 0 amide bonds. The Morgan fingerprint density at radius 3 is 2.71 bits per heavy atom. The third-order valence-corrected chi connectivity index (χ3v) is 6.08. The number of benzene rings is 1. The van der Waals surface area contributed by atoms with Gasteiger partial charge in [-0.05, 0) is 50.5 Å². The van der Waals surface area contributed by atoms with Gasteiger partial charge in [-0.2, -0.15) is 5.53 Å². The van der Waals surface area contributed by atoms with Crippen LogP contribution < -0.4 is 0 Å². The van der Waals surface area contributed by atoms with E-state index in [2.05, 4.69) is 7.89 Å². The van der Waals surface area contributed by atoms with Gasteiger partial charge in [-0.3, -0.25) is 0 Å². The Morgan fingerprint density at radius 2 is 2.13 bits per heavy atom. The molecule has 1 aliphatic heterocycles. The maximum atomic E-state index is 12.9. The van der Waals surface area contributed by atoms with Crippen LogP contribution in [-0.2, 0) is 9.47 Å². The zero-order chi connectivity index (χ0) is 22.4. The first-order chi connectivity index (χ1) is 15.0. The van der Waals surface area contributed by atoms with Crippen molar-refractivity contribution in [3.8, 4) is 0 Å². The van der Waals surface area contributed by atoms with Crippen LogP contribution in [0.25, 0.3) is 5.57 Å². The highest BCUT2D eigenvalue weighted by Gasteiger charge is 2.32. The summed E-state index contributed by atoms with van der Waals surface area (Å²) >= 11 is 5.00. The van der Waals surface area contributed by atoms with E-state index in [-0.39, 0.29) is 18.3 Å². The first-order valence-electron chi connectivity index (χ1n) is 10.00. The van der Waals surface area contributed by atoms with Gasteiger partial charge in [0.2, 0.25) is 0 Å². The number of halogens is 2. The summed E-state index contributed by atoms with van der Waals surface area (Å²) in [7, 11) is 0. The smallest absolute Gasteiger partial charge is 0.358 e. The molecule has 0 saturated carbocycles. The summed E-state index contributed by atoms with van der Waals surface area (Å²) in [6.45, 7) is 7.23. The Labute approximate surface area is 197 Å². The summed E-state index contributed by atoms with van der Waals surface area (Å²) in [5.74, 6) is 0.243. The molecule has 0 fully saturated rings. The maximum Gasteiger partial charge on any atom is 0.358 e. The van der Waals surface area contributed by atoms with E-state index < -0.39 is 33.3 Å². The molecular formula is C21H25ClIN5O3. The Hall–Kier alpha value is -1.98. The third-order valence-electron chi connectivity index (χ3n) is 4.81. The number of nitrogens with zero attached hydrogens (tertiary/aromatic N) is 4. The molecule has 1 N–H and O–H groups in total. The van der Waals surface area contributed by atoms with Gasteiger partial charge in [0.15, 0.2) is 27.0 Å². The molecular weight excluding hydrogens is 533 g/mol. The molecule has 0 saturated heterocycles. The second-order valence-electron chi connectivity index (χ2n) is 7.12. The van der Waals surface area contributed by atoms with Gasteiger partial charge in [0.1, 0.15) is 11.9 Å². The summed E-state index contributed by atoms with van der Waals surface area (Å²) in [6.07, 6.45) is 2.72. The second kappa shape index (κ2) is 11.1. The molecule has 1 atom stereocenters. The number of nitrogens with one attached hydrogen (secondary N) is 1. The number of aromatic nitrogens is 2. The first-order valence-corrected chi connectivity index (χ1v) is 12.3. The molecule has 0 aliphatic carbocycles. The van der Waals surface area contributed by atoms with Crippen molar-refractivity contribution < 1.29 is 14.3 Å². The number of hydrogen-bond donors (Lipinski definition) is 1. The molecule has 1 unspecified atom stereocenters. The van der Waals surface area contributed by atoms with E-state index in [0.717, 1.165) is 17.0 Å². The molecule has 31 heavy (non-hydrogen) atoms. The number of imidazole rings is 1. The van der Waals surface area contributed by atoms with E-state index in [0.29, 0.717) is 30.4 Å². The molecule has 2 heterocycles. The monoisotopic (exact) mass is 557 g/mol. The fourth-order valence-corrected chi connectivity index (χ4v) is 4.59. The molecule has 0 radical (unpaired) electrons. The Balaban J connectivity index is 2.29. The SMILES string of the molecule is CCOC(=O)c1nc(C2=CCOCC2)n(C(C)C)c1C(N=IN=N)c1ccc(Cl)cc1. The molecule has 1 aromatic heterocycles. The minimum absolute atomic E-state index is 0.0144. The lowest BCUT2D eigenvalue weighted by atomic mass is 10.0. The van der Waals surface area contributed by atoms with Crippen LogP contribution in [0.5, 0.6) is 0 Å². The van der Waals surface area contributed by atoms with E-state index in [9.17, 15) is 4.79 Å². The van der Waals surface area contributed by atoms with Crippen LogP contribution in [0.3, 0.4) is 0 Å². The van der Waals surface area contributed by atoms with Gasteiger partial charge >= 0.3 is 5.97 Å². The van der Waals surface area contributed by atoms with Gasteiger partial charge in [-0.25, -0.2) is 12.9 Å². The average Bonchev–Trinajstić information content (AvgIpc) is 3.17. The molecule has 1 aliphatic rings. The topological polar surface area (TPSA) is 102 Å². The van der Waals surface area contributed by atoms with E-state index in [1.54, 1.807) is 19.1 Å². The summed E-state index contributed by atoms with van der Waals surface area (Å²) in [5, 5.41) is 0.610. The quantitative estimate of drug-likeness (QED) is 0.234. The Bertz CT molecular complexity index is 1000. The van der Waals surface area contributed by atoms with Gasteiger partial charge in [-0.15, -0.1) is 3.33 Å². The number of ether oxygens (including phenoxy) is 2. The molecule has 8 nitrogen and oxygen atoms in total. The normalized spacial score (nSPS) is 15.5. The predicted molar refractivity (Wildman–Crippen MR) is 127 cm³/mol. The minimum atomic E-state index is -1.10. The highest BCUT2D eigenvalue weighted by atomic mass is 127. The van der Waals surface area contributed by atoms with Gasteiger partial charge in [0.05, 0.1) is 25.5 Å². The molecule has 166 valence electrons. The van der Waals surface area contributed by atoms with E-state index in [4.69, 9.17) is 34.7 Å². The van der Waals surface area contributed by atoms with Crippen LogP contribution in [-0.4, -0.2) is 35.3 Å². The Kier molecular flexibility index (Phi) is 8.44. The summed E-state index contributed by atoms with van der Waals surface area (Å²) in [6, 6.07) is 6.84. The predicted octanol–water partition coefficient (Wildman–Crippen LogP) is 6.29. The molecule has 0 spiro atoms. The van der Waals surface area contributed by atoms with Gasteiger partial charge in [-0.1, -0.05) is 29.8 Å². The van der Waals surface area contributed by atoms with Crippen LogP contribution in [0.15, 0.2) is 36.8 Å². The fourth-order valence-electron chi connectivity index (χ4n) is 3.51. The van der Waals surface area contributed by atoms with Crippen molar-refractivity contribution in [2.75, 3.05) is 19.8 Å². The highest BCUT2D eigenvalue weighted by molar-refractivity contribution is 14.1. The molecule has 1 aromatic carbocycles. The third kappa shape index (κ3) is 5.45. The Morgan fingerprint density at radius 1 is 1.39 bits per heavy atom. The summed E-state index contributed by atoms with van der Waals surface area (Å²) < 4.78 is 21.1. The number of rotatable bonds is 8. The highest BCUT2D eigenvalue weighted by Crippen LogP contribution is 2.37. The number of carbonyl (C=O) groups is 1. The van der Waals surface area contributed by atoms with E-state index >= 15 is 0 Å². The number of carbonyl (C=O) groups excluding carboxylic acids is 1. The van der Waals surface area contributed by atoms with E-state index in [1.165, 1.54) is 0 Å².